The predicted molar refractivity (Wildman–Crippen MR) is 105 cm³/mol. The van der Waals surface area contributed by atoms with Crippen LogP contribution in [0.5, 0.6) is 0 Å². The van der Waals surface area contributed by atoms with E-state index in [1.807, 2.05) is 24.8 Å². The van der Waals surface area contributed by atoms with E-state index in [-0.39, 0.29) is 11.8 Å². The summed E-state index contributed by atoms with van der Waals surface area (Å²) in [6.07, 6.45) is 2.34. The van der Waals surface area contributed by atoms with Gasteiger partial charge < -0.3 is 16.0 Å². The van der Waals surface area contributed by atoms with Crippen LogP contribution < -0.4 is 11.1 Å². The van der Waals surface area contributed by atoms with Crippen molar-refractivity contribution in [2.45, 2.75) is 45.7 Å². The summed E-state index contributed by atoms with van der Waals surface area (Å²) in [6, 6.07) is 6.84. The van der Waals surface area contributed by atoms with Crippen LogP contribution in [0.2, 0.25) is 0 Å². The highest BCUT2D eigenvalue weighted by Crippen LogP contribution is 2.24. The van der Waals surface area contributed by atoms with E-state index in [1.165, 1.54) is 10.4 Å². The van der Waals surface area contributed by atoms with Gasteiger partial charge >= 0.3 is 0 Å². The Balaban J connectivity index is 1.73. The lowest BCUT2D eigenvalue weighted by Crippen LogP contribution is -2.49. The first-order chi connectivity index (χ1) is 12.5. The molecule has 0 saturated carbocycles. The number of nitrogens with one attached hydrogen (secondary N) is 1. The molecule has 0 spiro atoms. The third-order valence-corrected chi connectivity index (χ3v) is 5.83. The highest BCUT2D eigenvalue weighted by Gasteiger charge is 2.28. The quantitative estimate of drug-likeness (QED) is 0.793. The number of carbonyl (C=O) groups is 2. The van der Waals surface area contributed by atoms with Crippen molar-refractivity contribution < 1.29 is 9.59 Å². The molecule has 1 aliphatic heterocycles. The third-order valence-electron chi connectivity index (χ3n) is 4.81. The number of nitrogen functional groups attached to an aromatic ring is 1. The third kappa shape index (κ3) is 3.90. The number of rotatable bonds is 5. The van der Waals surface area contributed by atoms with Crippen LogP contribution in [0.3, 0.4) is 0 Å². The summed E-state index contributed by atoms with van der Waals surface area (Å²) in [6.45, 7) is 5.23. The van der Waals surface area contributed by atoms with Gasteiger partial charge in [0.1, 0.15) is 6.04 Å². The SMILES string of the molecule is CCCC(NC(=O)c1cc(N)ccc1C)C(=O)N1CCc2sccc2C1. The molecule has 1 aromatic carbocycles. The minimum Gasteiger partial charge on any atom is -0.399 e. The molecule has 3 N–H and O–H groups in total. The van der Waals surface area contributed by atoms with Crippen LogP contribution in [-0.2, 0) is 17.8 Å². The highest BCUT2D eigenvalue weighted by molar-refractivity contribution is 7.10. The zero-order valence-electron chi connectivity index (χ0n) is 15.2. The summed E-state index contributed by atoms with van der Waals surface area (Å²) in [5.41, 5.74) is 8.95. The van der Waals surface area contributed by atoms with E-state index in [9.17, 15) is 9.59 Å². The molecule has 26 heavy (non-hydrogen) atoms. The molecule has 0 aliphatic carbocycles. The molecule has 6 heteroatoms. The van der Waals surface area contributed by atoms with Crippen molar-refractivity contribution in [3.63, 3.8) is 0 Å². The summed E-state index contributed by atoms with van der Waals surface area (Å²) < 4.78 is 0. The molecule has 0 bridgehead atoms. The second-order valence-electron chi connectivity index (χ2n) is 6.77. The van der Waals surface area contributed by atoms with Gasteiger partial charge in [0.05, 0.1) is 0 Å². The molecular weight excluding hydrogens is 346 g/mol. The smallest absolute Gasteiger partial charge is 0.252 e. The predicted octanol–water partition coefficient (Wildman–Crippen LogP) is 3.12. The van der Waals surface area contributed by atoms with Crippen molar-refractivity contribution in [2.24, 2.45) is 0 Å². The normalized spacial score (nSPS) is 14.6. The topological polar surface area (TPSA) is 75.4 Å². The molecule has 0 saturated heterocycles. The Morgan fingerprint density at radius 2 is 2.15 bits per heavy atom. The van der Waals surface area contributed by atoms with Gasteiger partial charge in [0.15, 0.2) is 0 Å². The number of thiophene rings is 1. The molecule has 1 aromatic heterocycles. The number of amides is 2. The zero-order chi connectivity index (χ0) is 18.7. The second-order valence-corrected chi connectivity index (χ2v) is 7.77. The minimum atomic E-state index is -0.506. The largest absolute Gasteiger partial charge is 0.399 e. The monoisotopic (exact) mass is 371 g/mol. The number of hydrogen-bond acceptors (Lipinski definition) is 4. The van der Waals surface area contributed by atoms with Gasteiger partial charge in [-0.05, 0) is 54.5 Å². The molecule has 5 nitrogen and oxygen atoms in total. The van der Waals surface area contributed by atoms with Crippen molar-refractivity contribution in [3.8, 4) is 0 Å². The molecular formula is C20H25N3O2S. The summed E-state index contributed by atoms with van der Waals surface area (Å²) in [5, 5.41) is 5.01. The van der Waals surface area contributed by atoms with Crippen molar-refractivity contribution in [3.05, 3.63) is 51.2 Å². The molecule has 2 heterocycles. The number of hydrogen-bond donors (Lipinski definition) is 2. The van der Waals surface area contributed by atoms with Gasteiger partial charge in [-0.25, -0.2) is 0 Å². The van der Waals surface area contributed by atoms with Crippen LogP contribution in [0.1, 0.15) is 46.1 Å². The lowest BCUT2D eigenvalue weighted by Gasteiger charge is -2.31. The number of nitrogens with two attached hydrogens (primary N) is 1. The molecule has 2 aromatic rings. The van der Waals surface area contributed by atoms with Gasteiger partial charge in [-0.1, -0.05) is 19.4 Å². The Hall–Kier alpha value is -2.34. The van der Waals surface area contributed by atoms with Crippen LogP contribution in [0.4, 0.5) is 5.69 Å². The number of aryl methyl sites for hydroxylation is 1. The van der Waals surface area contributed by atoms with Crippen LogP contribution in [0.25, 0.3) is 0 Å². The minimum absolute atomic E-state index is 0.00129. The van der Waals surface area contributed by atoms with Crippen LogP contribution >= 0.6 is 11.3 Å². The summed E-state index contributed by atoms with van der Waals surface area (Å²) in [7, 11) is 0. The first kappa shape index (κ1) is 18.5. The van der Waals surface area contributed by atoms with Gasteiger partial charge in [0, 0.05) is 29.2 Å². The van der Waals surface area contributed by atoms with Crippen molar-refractivity contribution in [1.82, 2.24) is 10.2 Å². The fraction of sp³-hybridized carbons (Fsp3) is 0.400. The van der Waals surface area contributed by atoms with Gasteiger partial charge in [-0.2, -0.15) is 0 Å². The molecule has 0 fully saturated rings. The molecule has 3 rings (SSSR count). The van der Waals surface area contributed by atoms with Crippen LogP contribution in [0, 0.1) is 6.92 Å². The lowest BCUT2D eigenvalue weighted by molar-refractivity contribution is -0.134. The standard InChI is InChI=1S/C20H25N3O2S/c1-3-4-17(22-19(24)16-11-15(21)6-5-13(16)2)20(25)23-9-7-18-14(12-23)8-10-26-18/h5-6,8,10-11,17H,3-4,7,9,12,21H2,1-2H3,(H,22,24). The van der Waals surface area contributed by atoms with E-state index in [1.54, 1.807) is 23.5 Å². The fourth-order valence-electron chi connectivity index (χ4n) is 3.32. The second kappa shape index (κ2) is 7.91. The Labute approximate surface area is 158 Å². The van der Waals surface area contributed by atoms with Crippen LogP contribution in [0.15, 0.2) is 29.6 Å². The Bertz CT molecular complexity index is 815. The van der Waals surface area contributed by atoms with Gasteiger partial charge in [0.2, 0.25) is 5.91 Å². The maximum Gasteiger partial charge on any atom is 0.252 e. The average molecular weight is 372 g/mol. The molecule has 138 valence electrons. The lowest BCUT2D eigenvalue weighted by atomic mass is 10.0. The first-order valence-electron chi connectivity index (χ1n) is 9.00. The average Bonchev–Trinajstić information content (AvgIpc) is 3.10. The van der Waals surface area contributed by atoms with E-state index < -0.39 is 6.04 Å². The van der Waals surface area contributed by atoms with E-state index in [2.05, 4.69) is 16.8 Å². The Morgan fingerprint density at radius 3 is 2.92 bits per heavy atom. The fourth-order valence-corrected chi connectivity index (χ4v) is 4.21. The summed E-state index contributed by atoms with van der Waals surface area (Å²) >= 11 is 1.75. The van der Waals surface area contributed by atoms with E-state index in [4.69, 9.17) is 5.73 Å². The molecule has 1 aliphatic rings. The van der Waals surface area contributed by atoms with E-state index in [0.717, 1.165) is 18.4 Å². The molecule has 1 atom stereocenters. The highest BCUT2D eigenvalue weighted by atomic mass is 32.1. The van der Waals surface area contributed by atoms with Gasteiger partial charge in [-0.15, -0.1) is 11.3 Å². The van der Waals surface area contributed by atoms with Crippen molar-refractivity contribution in [1.29, 1.82) is 0 Å². The van der Waals surface area contributed by atoms with E-state index >= 15 is 0 Å². The molecule has 1 unspecified atom stereocenters. The maximum atomic E-state index is 13.0. The molecule has 0 radical (unpaired) electrons. The summed E-state index contributed by atoms with van der Waals surface area (Å²) in [4.78, 5) is 29.0. The van der Waals surface area contributed by atoms with Gasteiger partial charge in [0.25, 0.3) is 5.91 Å². The van der Waals surface area contributed by atoms with Crippen molar-refractivity contribution >= 4 is 28.8 Å². The van der Waals surface area contributed by atoms with E-state index in [0.29, 0.717) is 30.8 Å². The zero-order valence-corrected chi connectivity index (χ0v) is 16.1. The Morgan fingerprint density at radius 1 is 1.35 bits per heavy atom. The summed E-state index contributed by atoms with van der Waals surface area (Å²) in [5.74, 6) is -0.242. The Kier molecular flexibility index (Phi) is 5.61. The maximum absolute atomic E-state index is 13.0. The number of nitrogens with zero attached hydrogens (tertiary/aromatic N) is 1. The van der Waals surface area contributed by atoms with Crippen LogP contribution in [-0.4, -0.2) is 29.3 Å². The number of carbonyl (C=O) groups excluding carboxylic acids is 2. The number of anilines is 1. The van der Waals surface area contributed by atoms with Crippen molar-refractivity contribution in [2.75, 3.05) is 12.3 Å². The first-order valence-corrected chi connectivity index (χ1v) is 9.88. The number of benzene rings is 1. The molecule has 2 amide bonds. The van der Waals surface area contributed by atoms with Gasteiger partial charge in [-0.3, -0.25) is 9.59 Å². The number of fused-ring (bicyclic) bond motifs is 1.